The first-order valence-electron chi connectivity index (χ1n) is 4.45. The summed E-state index contributed by atoms with van der Waals surface area (Å²) >= 11 is 0. The van der Waals surface area contributed by atoms with Gasteiger partial charge in [0.25, 0.3) is 0 Å². The number of hydrogen-bond acceptors (Lipinski definition) is 1. The molecule has 0 N–H and O–H groups in total. The highest BCUT2D eigenvalue weighted by atomic mass is 16.1. The monoisotopic (exact) mass is 168 g/mol. The number of carbonyl (C=O) groups excluding carboxylic acids is 1. The average molecular weight is 168 g/mol. The predicted molar refractivity (Wildman–Crippen MR) is 53.0 cm³/mol. The van der Waals surface area contributed by atoms with Gasteiger partial charge in [0, 0.05) is 5.92 Å². The van der Waals surface area contributed by atoms with Crippen molar-refractivity contribution in [3.05, 3.63) is 12.2 Å². The highest BCUT2D eigenvalue weighted by molar-refractivity contribution is 5.53. The lowest BCUT2D eigenvalue weighted by Crippen LogP contribution is -2.28. The van der Waals surface area contributed by atoms with Gasteiger partial charge in [0.2, 0.25) is 0 Å². The number of aldehydes is 1. The summed E-state index contributed by atoms with van der Waals surface area (Å²) < 4.78 is 0. The van der Waals surface area contributed by atoms with Gasteiger partial charge in [-0.3, -0.25) is 0 Å². The Kier molecular flexibility index (Phi) is 3.69. The minimum Gasteiger partial charge on any atom is -0.303 e. The number of carbonyl (C=O) groups is 1. The van der Waals surface area contributed by atoms with E-state index < -0.39 is 0 Å². The summed E-state index contributed by atoms with van der Waals surface area (Å²) in [5.41, 5.74) is 1.20. The molecule has 0 aromatic heterocycles. The molecule has 2 atom stereocenters. The van der Waals surface area contributed by atoms with Crippen molar-refractivity contribution in [3.8, 4) is 0 Å². The summed E-state index contributed by atoms with van der Waals surface area (Å²) in [7, 11) is 0. The maximum atomic E-state index is 10.6. The molecule has 70 valence electrons. The number of allylic oxidation sites excluding steroid dienone is 1. The van der Waals surface area contributed by atoms with Gasteiger partial charge in [-0.1, -0.05) is 39.8 Å². The molecule has 0 bridgehead atoms. The fraction of sp³-hybridized carbons (Fsp3) is 0.727. The van der Waals surface area contributed by atoms with Crippen molar-refractivity contribution in [1.82, 2.24) is 0 Å². The van der Waals surface area contributed by atoms with Crippen LogP contribution in [0.3, 0.4) is 0 Å². The molecule has 0 aromatic carbocycles. The Bertz CT molecular complexity index is 179. The summed E-state index contributed by atoms with van der Waals surface area (Å²) in [6.07, 6.45) is 1.02. The zero-order valence-corrected chi connectivity index (χ0v) is 8.85. The molecule has 0 saturated carbocycles. The summed E-state index contributed by atoms with van der Waals surface area (Å²) in [5.74, 6) is 0.462. The van der Waals surface area contributed by atoms with Crippen LogP contribution in [0, 0.1) is 17.3 Å². The number of rotatable bonds is 4. The van der Waals surface area contributed by atoms with E-state index >= 15 is 0 Å². The molecular formula is C11H20O. The van der Waals surface area contributed by atoms with E-state index in [9.17, 15) is 4.79 Å². The van der Waals surface area contributed by atoms with Gasteiger partial charge in [0.05, 0.1) is 0 Å². The van der Waals surface area contributed by atoms with Crippen LogP contribution < -0.4 is 0 Å². The van der Waals surface area contributed by atoms with E-state index in [1.54, 1.807) is 0 Å². The molecule has 1 heteroatoms. The van der Waals surface area contributed by atoms with Gasteiger partial charge >= 0.3 is 0 Å². The Morgan fingerprint density at radius 2 is 1.83 bits per heavy atom. The fourth-order valence-electron chi connectivity index (χ4n) is 1.16. The van der Waals surface area contributed by atoms with E-state index in [0.29, 0.717) is 5.92 Å². The minimum absolute atomic E-state index is 0.0559. The van der Waals surface area contributed by atoms with Crippen LogP contribution in [-0.2, 0) is 4.79 Å². The van der Waals surface area contributed by atoms with Gasteiger partial charge in [-0.15, -0.1) is 0 Å². The first-order chi connectivity index (χ1) is 5.34. The Hall–Kier alpha value is -0.590. The van der Waals surface area contributed by atoms with Crippen LogP contribution in [0.15, 0.2) is 12.2 Å². The SMILES string of the molecule is C=C(C)C(C)(C)C(C)C(C)C=O. The summed E-state index contributed by atoms with van der Waals surface area (Å²) in [6.45, 7) is 14.3. The highest BCUT2D eigenvalue weighted by Crippen LogP contribution is 2.37. The van der Waals surface area contributed by atoms with E-state index in [4.69, 9.17) is 0 Å². The van der Waals surface area contributed by atoms with Gasteiger partial charge in [0.15, 0.2) is 0 Å². The largest absolute Gasteiger partial charge is 0.303 e. The molecule has 0 heterocycles. The van der Waals surface area contributed by atoms with E-state index in [1.807, 2.05) is 13.8 Å². The maximum Gasteiger partial charge on any atom is 0.123 e. The van der Waals surface area contributed by atoms with Crippen LogP contribution in [0.25, 0.3) is 0 Å². The van der Waals surface area contributed by atoms with Gasteiger partial charge in [-0.25, -0.2) is 0 Å². The van der Waals surface area contributed by atoms with Crippen molar-refractivity contribution in [1.29, 1.82) is 0 Å². The van der Waals surface area contributed by atoms with Gasteiger partial charge in [-0.2, -0.15) is 0 Å². The Morgan fingerprint density at radius 3 is 2.08 bits per heavy atom. The lowest BCUT2D eigenvalue weighted by molar-refractivity contribution is -0.112. The molecule has 0 saturated heterocycles. The van der Waals surface area contributed by atoms with E-state index in [0.717, 1.165) is 11.9 Å². The first kappa shape index (κ1) is 11.4. The van der Waals surface area contributed by atoms with E-state index in [2.05, 4.69) is 27.4 Å². The normalized spacial score (nSPS) is 16.8. The molecule has 0 aliphatic carbocycles. The van der Waals surface area contributed by atoms with Crippen molar-refractivity contribution in [2.24, 2.45) is 17.3 Å². The molecule has 0 aliphatic heterocycles. The van der Waals surface area contributed by atoms with Crippen LogP contribution in [0.5, 0.6) is 0 Å². The fourth-order valence-corrected chi connectivity index (χ4v) is 1.16. The van der Waals surface area contributed by atoms with Crippen molar-refractivity contribution in [2.75, 3.05) is 0 Å². The molecular weight excluding hydrogens is 148 g/mol. The molecule has 0 amide bonds. The molecule has 0 rings (SSSR count). The lowest BCUT2D eigenvalue weighted by atomic mass is 9.70. The second-order valence-corrected chi connectivity index (χ2v) is 4.29. The van der Waals surface area contributed by atoms with E-state index in [-0.39, 0.29) is 11.3 Å². The van der Waals surface area contributed by atoms with Gasteiger partial charge < -0.3 is 4.79 Å². The van der Waals surface area contributed by atoms with Gasteiger partial charge in [-0.05, 0) is 18.3 Å². The Balaban J connectivity index is 4.55. The Labute approximate surface area is 75.9 Å². The van der Waals surface area contributed by atoms with Crippen LogP contribution in [-0.4, -0.2) is 6.29 Å². The van der Waals surface area contributed by atoms with Crippen molar-refractivity contribution in [3.63, 3.8) is 0 Å². The van der Waals surface area contributed by atoms with Crippen molar-refractivity contribution >= 4 is 6.29 Å². The lowest BCUT2D eigenvalue weighted by Gasteiger charge is -2.34. The molecule has 1 nitrogen and oxygen atoms in total. The molecule has 0 aliphatic rings. The second-order valence-electron chi connectivity index (χ2n) is 4.29. The molecule has 0 aromatic rings. The third kappa shape index (κ3) is 2.20. The molecule has 2 unspecified atom stereocenters. The van der Waals surface area contributed by atoms with E-state index in [1.165, 1.54) is 0 Å². The first-order valence-corrected chi connectivity index (χ1v) is 4.45. The molecule has 0 spiro atoms. The number of hydrogen-bond donors (Lipinski definition) is 0. The van der Waals surface area contributed by atoms with Crippen LogP contribution in [0.4, 0.5) is 0 Å². The van der Waals surface area contributed by atoms with Crippen molar-refractivity contribution in [2.45, 2.75) is 34.6 Å². The zero-order chi connectivity index (χ0) is 9.94. The molecule has 0 radical (unpaired) electrons. The van der Waals surface area contributed by atoms with Gasteiger partial charge in [0.1, 0.15) is 6.29 Å². The maximum absolute atomic E-state index is 10.6. The third-order valence-corrected chi connectivity index (χ3v) is 3.24. The average Bonchev–Trinajstić information content (AvgIpc) is 2.01. The predicted octanol–water partition coefficient (Wildman–Crippen LogP) is 3.06. The molecule has 12 heavy (non-hydrogen) atoms. The summed E-state index contributed by atoms with van der Waals surface area (Å²) in [4.78, 5) is 10.6. The minimum atomic E-state index is 0.0559. The Morgan fingerprint density at radius 1 is 1.42 bits per heavy atom. The molecule has 0 fully saturated rings. The van der Waals surface area contributed by atoms with Crippen LogP contribution in [0.2, 0.25) is 0 Å². The van der Waals surface area contributed by atoms with Crippen molar-refractivity contribution < 1.29 is 4.79 Å². The quantitative estimate of drug-likeness (QED) is 0.466. The standard InChI is InChI=1S/C11H20O/c1-8(2)11(5,6)10(4)9(3)7-12/h7,9-10H,1H2,2-6H3. The topological polar surface area (TPSA) is 17.1 Å². The summed E-state index contributed by atoms with van der Waals surface area (Å²) in [6, 6.07) is 0. The second kappa shape index (κ2) is 3.88. The third-order valence-electron chi connectivity index (χ3n) is 3.24. The highest BCUT2D eigenvalue weighted by Gasteiger charge is 2.30. The van der Waals surface area contributed by atoms with Crippen LogP contribution in [0.1, 0.15) is 34.6 Å². The van der Waals surface area contributed by atoms with Crippen LogP contribution >= 0.6 is 0 Å². The zero-order valence-electron chi connectivity index (χ0n) is 8.85. The smallest absolute Gasteiger partial charge is 0.123 e. The summed E-state index contributed by atoms with van der Waals surface area (Å²) in [5, 5.41) is 0.